The number of rotatable bonds is 9. The van der Waals surface area contributed by atoms with Crippen LogP contribution in [0.2, 0.25) is 0 Å². The van der Waals surface area contributed by atoms with Gasteiger partial charge in [0.2, 0.25) is 27.6 Å². The van der Waals surface area contributed by atoms with Gasteiger partial charge < -0.3 is 9.84 Å². The third-order valence-corrected chi connectivity index (χ3v) is 7.55. The first kappa shape index (κ1) is 22.8. The van der Waals surface area contributed by atoms with Crippen molar-refractivity contribution in [2.75, 3.05) is 12.4 Å². The molecule has 0 aliphatic carbocycles. The molecule has 10 heteroatoms. The van der Waals surface area contributed by atoms with Crippen molar-refractivity contribution in [3.05, 3.63) is 83.6 Å². The van der Waals surface area contributed by atoms with Crippen LogP contribution in [0, 0.1) is 0 Å². The minimum atomic E-state index is -3.65. The second kappa shape index (κ2) is 10.1. The van der Waals surface area contributed by atoms with E-state index in [-0.39, 0.29) is 23.8 Å². The molecule has 33 heavy (non-hydrogen) atoms. The number of sulfonamides is 1. The van der Waals surface area contributed by atoms with Gasteiger partial charge in [0, 0.05) is 32.1 Å². The molecule has 2 aromatic heterocycles. The summed E-state index contributed by atoms with van der Waals surface area (Å²) in [5.74, 6) is 0.661. The number of anilines is 1. The summed E-state index contributed by atoms with van der Waals surface area (Å²) in [5.41, 5.74) is 1.41. The zero-order chi connectivity index (χ0) is 23.3. The number of thiophene rings is 1. The number of amides is 1. The largest absolute Gasteiger partial charge is 0.339 e. The van der Waals surface area contributed by atoms with Crippen molar-refractivity contribution < 1.29 is 17.7 Å². The SMILES string of the molecule is CN(Cc1ccccc1)S(=O)(=O)c1ccc(NC(=O)CCc2nc(-c3cccs3)no2)cc1. The van der Waals surface area contributed by atoms with Crippen molar-refractivity contribution in [1.29, 1.82) is 0 Å². The molecule has 0 bridgehead atoms. The molecule has 2 heterocycles. The lowest BCUT2D eigenvalue weighted by Gasteiger charge is -2.17. The number of aromatic nitrogens is 2. The highest BCUT2D eigenvalue weighted by Crippen LogP contribution is 2.22. The number of aryl methyl sites for hydroxylation is 1. The molecular formula is C23H22N4O4S2. The number of carbonyl (C=O) groups is 1. The highest BCUT2D eigenvalue weighted by molar-refractivity contribution is 7.89. The van der Waals surface area contributed by atoms with E-state index in [4.69, 9.17) is 4.52 Å². The van der Waals surface area contributed by atoms with Gasteiger partial charge in [0.1, 0.15) is 0 Å². The average Bonchev–Trinajstić information content (AvgIpc) is 3.51. The van der Waals surface area contributed by atoms with Crippen LogP contribution in [0.15, 0.2) is 81.5 Å². The fourth-order valence-corrected chi connectivity index (χ4v) is 4.93. The van der Waals surface area contributed by atoms with Crippen LogP contribution < -0.4 is 5.32 Å². The standard InChI is InChI=1S/C23H22N4O4S2/c1-27(16-17-6-3-2-4-7-17)33(29,30)19-11-9-18(10-12-19)24-21(28)13-14-22-25-23(26-31-22)20-8-5-15-32-20/h2-12,15H,13-14,16H2,1H3,(H,24,28). The first-order chi connectivity index (χ1) is 15.9. The van der Waals surface area contributed by atoms with Crippen LogP contribution in [-0.2, 0) is 27.8 Å². The van der Waals surface area contributed by atoms with E-state index < -0.39 is 10.0 Å². The van der Waals surface area contributed by atoms with Gasteiger partial charge in [-0.1, -0.05) is 41.6 Å². The Labute approximate surface area is 195 Å². The maximum Gasteiger partial charge on any atom is 0.243 e. The number of carbonyl (C=O) groups excluding carboxylic acids is 1. The molecule has 1 amide bonds. The maximum absolute atomic E-state index is 12.8. The summed E-state index contributed by atoms with van der Waals surface area (Å²) in [6.07, 6.45) is 0.465. The van der Waals surface area contributed by atoms with Crippen LogP contribution in [0.4, 0.5) is 5.69 Å². The molecule has 0 aliphatic heterocycles. The molecule has 2 aromatic carbocycles. The number of hydrogen-bond donors (Lipinski definition) is 1. The van der Waals surface area contributed by atoms with E-state index in [1.807, 2.05) is 47.8 Å². The normalized spacial score (nSPS) is 11.6. The fourth-order valence-electron chi connectivity index (χ4n) is 3.12. The maximum atomic E-state index is 12.8. The summed E-state index contributed by atoms with van der Waals surface area (Å²) in [4.78, 5) is 17.6. The van der Waals surface area contributed by atoms with Crippen molar-refractivity contribution in [3.8, 4) is 10.7 Å². The molecule has 0 fully saturated rings. The zero-order valence-corrected chi connectivity index (χ0v) is 19.5. The topological polar surface area (TPSA) is 105 Å². The summed E-state index contributed by atoms with van der Waals surface area (Å²) in [5, 5.41) is 8.61. The van der Waals surface area contributed by atoms with Crippen LogP contribution in [-0.4, -0.2) is 35.8 Å². The van der Waals surface area contributed by atoms with E-state index in [1.165, 1.54) is 27.8 Å². The molecular weight excluding hydrogens is 460 g/mol. The van der Waals surface area contributed by atoms with Gasteiger partial charge in [-0.3, -0.25) is 4.79 Å². The van der Waals surface area contributed by atoms with Crippen molar-refractivity contribution in [2.24, 2.45) is 0 Å². The van der Waals surface area contributed by atoms with Crippen molar-refractivity contribution >= 4 is 33.0 Å². The Bertz CT molecular complexity index is 1300. The molecule has 1 N–H and O–H groups in total. The van der Waals surface area contributed by atoms with Crippen LogP contribution in [0.3, 0.4) is 0 Å². The van der Waals surface area contributed by atoms with Gasteiger partial charge in [-0.15, -0.1) is 11.3 Å². The molecule has 0 saturated heterocycles. The minimum Gasteiger partial charge on any atom is -0.339 e. The van der Waals surface area contributed by atoms with E-state index in [2.05, 4.69) is 15.5 Å². The van der Waals surface area contributed by atoms with E-state index >= 15 is 0 Å². The minimum absolute atomic E-state index is 0.158. The molecule has 4 aromatic rings. The van der Waals surface area contributed by atoms with Crippen LogP contribution >= 0.6 is 11.3 Å². The molecule has 0 aliphatic rings. The Morgan fingerprint density at radius 2 is 1.82 bits per heavy atom. The van der Waals surface area contributed by atoms with Gasteiger partial charge in [-0.25, -0.2) is 8.42 Å². The molecule has 0 saturated carbocycles. The molecule has 170 valence electrons. The van der Waals surface area contributed by atoms with Gasteiger partial charge in [-0.2, -0.15) is 9.29 Å². The smallest absolute Gasteiger partial charge is 0.243 e. The monoisotopic (exact) mass is 482 g/mol. The Hall–Kier alpha value is -3.34. The predicted molar refractivity (Wildman–Crippen MR) is 126 cm³/mol. The van der Waals surface area contributed by atoms with Crippen molar-refractivity contribution in [2.45, 2.75) is 24.3 Å². The molecule has 0 spiro atoms. The van der Waals surface area contributed by atoms with E-state index in [0.717, 1.165) is 10.4 Å². The number of benzene rings is 2. The van der Waals surface area contributed by atoms with E-state index in [9.17, 15) is 13.2 Å². The number of nitrogens with zero attached hydrogens (tertiary/aromatic N) is 3. The molecule has 8 nitrogen and oxygen atoms in total. The highest BCUT2D eigenvalue weighted by Gasteiger charge is 2.21. The fraction of sp³-hybridized carbons (Fsp3) is 0.174. The first-order valence-electron chi connectivity index (χ1n) is 10.2. The van der Waals surface area contributed by atoms with Gasteiger partial charge in [0.05, 0.1) is 9.77 Å². The Kier molecular flexibility index (Phi) is 6.97. The van der Waals surface area contributed by atoms with Gasteiger partial charge >= 0.3 is 0 Å². The summed E-state index contributed by atoms with van der Waals surface area (Å²) >= 11 is 1.51. The first-order valence-corrected chi connectivity index (χ1v) is 12.5. The van der Waals surface area contributed by atoms with Crippen molar-refractivity contribution in [1.82, 2.24) is 14.4 Å². The molecule has 0 atom stereocenters. The van der Waals surface area contributed by atoms with Gasteiger partial charge in [0.15, 0.2) is 0 Å². The lowest BCUT2D eigenvalue weighted by Crippen LogP contribution is -2.26. The number of nitrogens with one attached hydrogen (secondary N) is 1. The van der Waals surface area contributed by atoms with Gasteiger partial charge in [0.25, 0.3) is 0 Å². The summed E-state index contributed by atoms with van der Waals surface area (Å²) < 4.78 is 32.2. The highest BCUT2D eigenvalue weighted by atomic mass is 32.2. The third-order valence-electron chi connectivity index (χ3n) is 4.87. The lowest BCUT2D eigenvalue weighted by molar-refractivity contribution is -0.116. The average molecular weight is 483 g/mol. The zero-order valence-electron chi connectivity index (χ0n) is 17.8. The van der Waals surface area contributed by atoms with Crippen molar-refractivity contribution in [3.63, 3.8) is 0 Å². The Morgan fingerprint density at radius 3 is 2.52 bits per heavy atom. The van der Waals surface area contributed by atoms with Gasteiger partial charge in [-0.05, 0) is 41.3 Å². The predicted octanol–water partition coefficient (Wildman–Crippen LogP) is 4.19. The molecule has 0 unspecified atom stereocenters. The molecule has 0 radical (unpaired) electrons. The quantitative estimate of drug-likeness (QED) is 0.383. The van der Waals surface area contributed by atoms with Crippen LogP contribution in [0.1, 0.15) is 17.9 Å². The lowest BCUT2D eigenvalue weighted by atomic mass is 10.2. The van der Waals surface area contributed by atoms with E-state index in [0.29, 0.717) is 23.8 Å². The van der Waals surface area contributed by atoms with Crippen LogP contribution in [0.5, 0.6) is 0 Å². The summed E-state index contributed by atoms with van der Waals surface area (Å²) in [6.45, 7) is 0.269. The number of hydrogen-bond acceptors (Lipinski definition) is 7. The third kappa shape index (κ3) is 5.72. The van der Waals surface area contributed by atoms with Crippen LogP contribution in [0.25, 0.3) is 10.7 Å². The summed E-state index contributed by atoms with van der Waals surface area (Å²) in [7, 11) is -2.11. The Morgan fingerprint density at radius 1 is 1.06 bits per heavy atom. The summed E-state index contributed by atoms with van der Waals surface area (Å²) in [6, 6.07) is 19.3. The molecule has 4 rings (SSSR count). The van der Waals surface area contributed by atoms with E-state index in [1.54, 1.807) is 19.2 Å². The second-order valence-corrected chi connectivity index (χ2v) is 10.3. The second-order valence-electron chi connectivity index (χ2n) is 7.31. The Balaban J connectivity index is 1.32.